The van der Waals surface area contributed by atoms with Crippen LogP contribution in [0, 0.1) is 0 Å². The minimum Gasteiger partial charge on any atom is -0.338 e. The van der Waals surface area contributed by atoms with E-state index in [-0.39, 0.29) is 36.2 Å². The smallest absolute Gasteiger partial charge is 0.293 e. The average molecular weight is 536 g/mol. The van der Waals surface area contributed by atoms with Crippen LogP contribution in [0.3, 0.4) is 0 Å². The third kappa shape index (κ3) is 5.20. The van der Waals surface area contributed by atoms with E-state index in [0.717, 1.165) is 71.6 Å². The van der Waals surface area contributed by atoms with Gasteiger partial charge < -0.3 is 9.47 Å². The first-order chi connectivity index (χ1) is 17.9. The topological polar surface area (TPSA) is 62.6 Å². The third-order valence-electron chi connectivity index (χ3n) is 7.24. The van der Waals surface area contributed by atoms with E-state index in [4.69, 9.17) is 11.6 Å². The molecule has 2 aromatic carbocycles. The van der Waals surface area contributed by atoms with Crippen molar-refractivity contribution in [2.75, 3.05) is 6.54 Å². The number of hydrogen-bond donors (Lipinski definition) is 0. The third-order valence-corrected chi connectivity index (χ3v) is 8.40. The zero-order valence-electron chi connectivity index (χ0n) is 21.1. The van der Waals surface area contributed by atoms with Gasteiger partial charge in [0.15, 0.2) is 0 Å². The van der Waals surface area contributed by atoms with Crippen LogP contribution < -0.4 is 0 Å². The van der Waals surface area contributed by atoms with Gasteiger partial charge in [-0.15, -0.1) is 0 Å². The molecular formula is C29H30ClN3O3S. The highest BCUT2D eigenvalue weighted by atomic mass is 35.5. The Bertz CT molecular complexity index is 1400. The monoisotopic (exact) mass is 535 g/mol. The molecular weight excluding hydrogens is 506 g/mol. The second kappa shape index (κ2) is 10.8. The number of rotatable bonds is 6. The van der Waals surface area contributed by atoms with Gasteiger partial charge in [-0.2, -0.15) is 0 Å². The molecule has 192 valence electrons. The van der Waals surface area contributed by atoms with Crippen LogP contribution in [-0.2, 0) is 29.1 Å². The van der Waals surface area contributed by atoms with Gasteiger partial charge in [-0.05, 0) is 73.7 Å². The SMILES string of the molecule is CCc1cccc2c(/C=C3\SC(=O)N(Cc4ccc(Cl)cc4)C3=O)cn(CC(=O)N3CCCC[C@H]3C)c12. The number of para-hydroxylation sites is 1. The molecule has 0 N–H and O–H groups in total. The second-order valence-electron chi connectivity index (χ2n) is 9.71. The van der Waals surface area contributed by atoms with Crippen LogP contribution in [0.4, 0.5) is 4.79 Å². The number of likely N-dealkylation sites (tertiary alicyclic amines) is 1. The molecule has 3 aromatic rings. The highest BCUT2D eigenvalue weighted by Crippen LogP contribution is 2.36. The molecule has 1 aromatic heterocycles. The van der Waals surface area contributed by atoms with Crippen LogP contribution in [-0.4, -0.2) is 44.0 Å². The molecule has 2 fully saturated rings. The summed E-state index contributed by atoms with van der Waals surface area (Å²) in [6.07, 6.45) is 7.80. The van der Waals surface area contributed by atoms with Crippen molar-refractivity contribution in [3.8, 4) is 0 Å². The number of carbonyl (C=O) groups is 3. The lowest BCUT2D eigenvalue weighted by atomic mass is 10.0. The van der Waals surface area contributed by atoms with Crippen LogP contribution in [0.1, 0.15) is 49.8 Å². The molecule has 2 saturated heterocycles. The molecule has 0 radical (unpaired) electrons. The van der Waals surface area contributed by atoms with Gasteiger partial charge in [0.2, 0.25) is 5.91 Å². The molecule has 2 aliphatic heterocycles. The van der Waals surface area contributed by atoms with E-state index >= 15 is 0 Å². The Hall–Kier alpha value is -3.03. The van der Waals surface area contributed by atoms with Gasteiger partial charge in [-0.3, -0.25) is 19.3 Å². The Morgan fingerprint density at radius 2 is 1.92 bits per heavy atom. The van der Waals surface area contributed by atoms with Gasteiger partial charge >= 0.3 is 0 Å². The molecule has 6 nitrogen and oxygen atoms in total. The first-order valence-electron chi connectivity index (χ1n) is 12.8. The van der Waals surface area contributed by atoms with Gasteiger partial charge in [0.25, 0.3) is 11.1 Å². The predicted octanol–water partition coefficient (Wildman–Crippen LogP) is 6.49. The normalized spacial score (nSPS) is 19.4. The predicted molar refractivity (Wildman–Crippen MR) is 149 cm³/mol. The van der Waals surface area contributed by atoms with Gasteiger partial charge in [-0.25, -0.2) is 0 Å². The molecule has 0 aliphatic carbocycles. The summed E-state index contributed by atoms with van der Waals surface area (Å²) in [6.45, 7) is 5.47. The van der Waals surface area contributed by atoms with Crippen molar-refractivity contribution in [2.45, 2.75) is 58.7 Å². The Labute approximate surface area is 226 Å². The number of fused-ring (bicyclic) bond motifs is 1. The van der Waals surface area contributed by atoms with E-state index < -0.39 is 0 Å². The van der Waals surface area contributed by atoms with Crippen molar-refractivity contribution in [3.63, 3.8) is 0 Å². The fourth-order valence-electron chi connectivity index (χ4n) is 5.25. The Morgan fingerprint density at radius 1 is 1.14 bits per heavy atom. The van der Waals surface area contributed by atoms with E-state index in [2.05, 4.69) is 19.9 Å². The summed E-state index contributed by atoms with van der Waals surface area (Å²) >= 11 is 6.92. The van der Waals surface area contributed by atoms with Crippen LogP contribution >= 0.6 is 23.4 Å². The van der Waals surface area contributed by atoms with Crippen LogP contribution in [0.2, 0.25) is 5.02 Å². The van der Waals surface area contributed by atoms with E-state index in [1.807, 2.05) is 39.9 Å². The highest BCUT2D eigenvalue weighted by molar-refractivity contribution is 8.18. The van der Waals surface area contributed by atoms with Crippen molar-refractivity contribution in [2.24, 2.45) is 0 Å². The van der Waals surface area contributed by atoms with E-state index in [9.17, 15) is 14.4 Å². The van der Waals surface area contributed by atoms with E-state index in [1.54, 1.807) is 18.2 Å². The number of hydrogen-bond acceptors (Lipinski definition) is 4. The van der Waals surface area contributed by atoms with Crippen LogP contribution in [0.15, 0.2) is 53.6 Å². The lowest BCUT2D eigenvalue weighted by Gasteiger charge is -2.33. The van der Waals surface area contributed by atoms with Gasteiger partial charge in [0, 0.05) is 34.8 Å². The number of nitrogens with zero attached hydrogens (tertiary/aromatic N) is 3. The van der Waals surface area contributed by atoms with Crippen molar-refractivity contribution in [1.29, 1.82) is 0 Å². The molecule has 2 aliphatic rings. The molecule has 37 heavy (non-hydrogen) atoms. The number of carbonyl (C=O) groups excluding carboxylic acids is 3. The molecule has 0 spiro atoms. The Balaban J connectivity index is 1.46. The van der Waals surface area contributed by atoms with Crippen molar-refractivity contribution in [1.82, 2.24) is 14.4 Å². The van der Waals surface area contributed by atoms with E-state index in [1.165, 1.54) is 4.90 Å². The fourth-order valence-corrected chi connectivity index (χ4v) is 6.20. The summed E-state index contributed by atoms with van der Waals surface area (Å²) in [5.41, 5.74) is 3.83. The second-order valence-corrected chi connectivity index (χ2v) is 11.1. The quantitative estimate of drug-likeness (QED) is 0.338. The summed E-state index contributed by atoms with van der Waals surface area (Å²) in [7, 11) is 0. The number of thioether (sulfide) groups is 1. The number of benzene rings is 2. The maximum absolute atomic E-state index is 13.3. The zero-order valence-corrected chi connectivity index (χ0v) is 22.6. The maximum atomic E-state index is 13.3. The summed E-state index contributed by atoms with van der Waals surface area (Å²) in [5, 5.41) is 1.29. The molecule has 1 atom stereocenters. The molecule has 0 saturated carbocycles. The molecule has 0 unspecified atom stereocenters. The largest absolute Gasteiger partial charge is 0.338 e. The number of halogens is 1. The highest BCUT2D eigenvalue weighted by Gasteiger charge is 2.35. The van der Waals surface area contributed by atoms with Gasteiger partial charge in [0.05, 0.1) is 17.0 Å². The molecule has 8 heteroatoms. The minimum absolute atomic E-state index is 0.116. The number of aromatic nitrogens is 1. The molecule has 5 rings (SSSR count). The van der Waals surface area contributed by atoms with Crippen molar-refractivity contribution in [3.05, 3.63) is 75.3 Å². The summed E-state index contributed by atoms with van der Waals surface area (Å²) in [4.78, 5) is 42.8. The standard InChI is InChI=1S/C29H30ClN3O3S/c1-3-21-8-6-9-24-22(17-31(27(21)24)18-26(34)32-14-5-4-7-19(32)2)15-25-28(35)33(29(36)37-25)16-20-10-12-23(30)13-11-20/h6,8-13,15,17,19H,3-5,7,14,16,18H2,1-2H3/b25-15-/t19-/m1/s1. The Morgan fingerprint density at radius 3 is 2.65 bits per heavy atom. The molecule has 3 amide bonds. The summed E-state index contributed by atoms with van der Waals surface area (Å²) in [5.74, 6) is -0.194. The first-order valence-corrected chi connectivity index (χ1v) is 13.9. The van der Waals surface area contributed by atoms with Gasteiger partial charge in [0.1, 0.15) is 6.54 Å². The lowest BCUT2D eigenvalue weighted by molar-refractivity contribution is -0.135. The van der Waals surface area contributed by atoms with E-state index in [0.29, 0.717) is 9.93 Å². The number of aryl methyl sites for hydroxylation is 1. The number of amides is 3. The summed E-state index contributed by atoms with van der Waals surface area (Å²) in [6, 6.07) is 13.5. The molecule has 3 heterocycles. The Kier molecular flexibility index (Phi) is 7.45. The molecule has 0 bridgehead atoms. The van der Waals surface area contributed by atoms with Gasteiger partial charge in [-0.1, -0.05) is 48.9 Å². The summed E-state index contributed by atoms with van der Waals surface area (Å²) < 4.78 is 2.02. The average Bonchev–Trinajstić information content (AvgIpc) is 3.37. The minimum atomic E-state index is -0.310. The fraction of sp³-hybridized carbons (Fsp3) is 0.345. The van der Waals surface area contributed by atoms with Crippen LogP contribution in [0.25, 0.3) is 17.0 Å². The maximum Gasteiger partial charge on any atom is 0.293 e. The zero-order chi connectivity index (χ0) is 26.1. The number of piperidine rings is 1. The van der Waals surface area contributed by atoms with Crippen LogP contribution in [0.5, 0.6) is 0 Å². The van der Waals surface area contributed by atoms with Crippen molar-refractivity contribution >= 4 is 57.4 Å². The number of imide groups is 1. The first kappa shape index (κ1) is 25.6. The lowest BCUT2D eigenvalue weighted by Crippen LogP contribution is -2.43. The van der Waals surface area contributed by atoms with Crippen molar-refractivity contribution < 1.29 is 14.4 Å².